The summed E-state index contributed by atoms with van der Waals surface area (Å²) in [6, 6.07) is -0.343. The van der Waals surface area contributed by atoms with Crippen LogP contribution in [0, 0.1) is 0 Å². The maximum absolute atomic E-state index is 11.3. The Balaban J connectivity index is 2.62. The van der Waals surface area contributed by atoms with Gasteiger partial charge in [-0.1, -0.05) is 22.5 Å². The Kier molecular flexibility index (Phi) is 4.10. The Hall–Kier alpha value is -0.390. The molecule has 0 aliphatic carbocycles. The molecule has 0 bridgehead atoms. The van der Waals surface area contributed by atoms with Crippen molar-refractivity contribution in [3.63, 3.8) is 0 Å². The zero-order chi connectivity index (χ0) is 10.7. The number of hydrogen-bond donors (Lipinski definition) is 1. The van der Waals surface area contributed by atoms with Crippen molar-refractivity contribution in [2.24, 2.45) is 0 Å². The first-order valence-corrected chi connectivity index (χ1v) is 5.17. The van der Waals surface area contributed by atoms with Crippen LogP contribution < -0.4 is 0 Å². The minimum absolute atomic E-state index is 0.296. The van der Waals surface area contributed by atoms with Crippen LogP contribution in [-0.4, -0.2) is 48.3 Å². The number of aliphatic hydroxyl groups is 1. The molecule has 0 aromatic rings. The van der Waals surface area contributed by atoms with E-state index in [1.807, 2.05) is 4.90 Å². The van der Waals surface area contributed by atoms with E-state index in [1.54, 1.807) is 0 Å². The smallest absolute Gasteiger partial charge is 0.323 e. The highest BCUT2D eigenvalue weighted by atomic mass is 79.9. The Morgan fingerprint density at radius 1 is 1.79 bits per heavy atom. The second kappa shape index (κ2) is 4.91. The molecule has 4 nitrogen and oxygen atoms in total. The summed E-state index contributed by atoms with van der Waals surface area (Å²) in [6.07, 6.45) is -0.0154. The molecular weight excluding hydrogens is 250 g/mol. The molecule has 2 atom stereocenters. The minimum Gasteiger partial charge on any atom is -0.468 e. The molecule has 0 radical (unpaired) electrons. The topological polar surface area (TPSA) is 49.8 Å². The molecule has 1 aliphatic heterocycles. The molecule has 2 unspecified atom stereocenters. The number of likely N-dealkylation sites (tertiary alicyclic amines) is 1. The fourth-order valence-electron chi connectivity index (χ4n) is 1.66. The zero-order valence-electron chi connectivity index (χ0n) is 8.07. The number of carbonyl (C=O) groups excluding carboxylic acids is 1. The van der Waals surface area contributed by atoms with Gasteiger partial charge in [0.25, 0.3) is 0 Å². The number of hydrogen-bond acceptors (Lipinski definition) is 4. The Labute approximate surface area is 91.7 Å². The van der Waals surface area contributed by atoms with E-state index in [2.05, 4.69) is 27.2 Å². The third-order valence-electron chi connectivity index (χ3n) is 2.23. The fraction of sp³-hybridized carbons (Fsp3) is 0.667. The number of nitrogens with zero attached hydrogens (tertiary/aromatic N) is 1. The van der Waals surface area contributed by atoms with Crippen molar-refractivity contribution in [2.45, 2.75) is 18.6 Å². The molecule has 0 amide bonds. The number of rotatable bonds is 3. The quantitative estimate of drug-likeness (QED) is 0.754. The summed E-state index contributed by atoms with van der Waals surface area (Å²) in [4.78, 5) is 13.2. The second-order valence-corrected chi connectivity index (χ2v) is 4.50. The highest BCUT2D eigenvalue weighted by Gasteiger charge is 2.36. The lowest BCUT2D eigenvalue weighted by molar-refractivity contribution is -0.145. The Morgan fingerprint density at radius 2 is 2.43 bits per heavy atom. The van der Waals surface area contributed by atoms with Gasteiger partial charge in [0.15, 0.2) is 0 Å². The van der Waals surface area contributed by atoms with Crippen molar-refractivity contribution in [1.82, 2.24) is 4.90 Å². The van der Waals surface area contributed by atoms with Gasteiger partial charge in [0.1, 0.15) is 6.04 Å². The summed E-state index contributed by atoms with van der Waals surface area (Å²) in [5, 5.41) is 9.43. The van der Waals surface area contributed by atoms with Gasteiger partial charge in [0.2, 0.25) is 0 Å². The lowest BCUT2D eigenvalue weighted by Gasteiger charge is -2.21. The molecule has 1 saturated heterocycles. The number of halogens is 1. The molecule has 0 spiro atoms. The van der Waals surface area contributed by atoms with Crippen molar-refractivity contribution in [2.75, 3.05) is 20.2 Å². The molecular formula is C9H14BrNO3. The lowest BCUT2D eigenvalue weighted by Crippen LogP contribution is -2.37. The summed E-state index contributed by atoms with van der Waals surface area (Å²) < 4.78 is 5.45. The van der Waals surface area contributed by atoms with Gasteiger partial charge in [-0.2, -0.15) is 0 Å². The van der Waals surface area contributed by atoms with Gasteiger partial charge < -0.3 is 9.84 Å². The van der Waals surface area contributed by atoms with Crippen LogP contribution in [0.1, 0.15) is 6.42 Å². The van der Waals surface area contributed by atoms with Crippen LogP contribution in [-0.2, 0) is 9.53 Å². The van der Waals surface area contributed by atoms with E-state index in [-0.39, 0.29) is 12.0 Å². The van der Waals surface area contributed by atoms with E-state index >= 15 is 0 Å². The normalized spacial score (nSPS) is 27.6. The Morgan fingerprint density at radius 3 is 2.93 bits per heavy atom. The van der Waals surface area contributed by atoms with Crippen LogP contribution in [0.4, 0.5) is 0 Å². The molecule has 1 heterocycles. The van der Waals surface area contributed by atoms with E-state index in [1.165, 1.54) is 7.11 Å². The predicted molar refractivity (Wildman–Crippen MR) is 56.1 cm³/mol. The van der Waals surface area contributed by atoms with Crippen molar-refractivity contribution in [1.29, 1.82) is 0 Å². The third-order valence-corrected chi connectivity index (χ3v) is 2.48. The average molecular weight is 264 g/mol. The van der Waals surface area contributed by atoms with Crippen LogP contribution in [0.5, 0.6) is 0 Å². The monoisotopic (exact) mass is 263 g/mol. The maximum Gasteiger partial charge on any atom is 0.323 e. The van der Waals surface area contributed by atoms with Crippen LogP contribution in [0.15, 0.2) is 11.1 Å². The number of esters is 1. The largest absolute Gasteiger partial charge is 0.468 e. The lowest BCUT2D eigenvalue weighted by atomic mass is 10.2. The average Bonchev–Trinajstić information content (AvgIpc) is 2.44. The van der Waals surface area contributed by atoms with E-state index in [0.717, 1.165) is 4.48 Å². The zero-order valence-corrected chi connectivity index (χ0v) is 9.66. The molecule has 1 aliphatic rings. The van der Waals surface area contributed by atoms with Gasteiger partial charge in [0.05, 0.1) is 13.2 Å². The molecule has 5 heteroatoms. The minimum atomic E-state index is -0.453. The van der Waals surface area contributed by atoms with E-state index in [4.69, 9.17) is 0 Å². The standard InChI is InChI=1S/C9H14BrNO3/c1-6(10)4-11-5-7(12)3-8(11)9(13)14-2/h7-8,12H,1,3-5H2,2H3. The number of aliphatic hydroxyl groups excluding tert-OH is 1. The van der Waals surface area contributed by atoms with Gasteiger partial charge in [-0.05, 0) is 0 Å². The third kappa shape index (κ3) is 2.80. The first kappa shape index (κ1) is 11.7. The van der Waals surface area contributed by atoms with E-state index < -0.39 is 6.10 Å². The second-order valence-electron chi connectivity index (χ2n) is 3.38. The number of carbonyl (C=O) groups is 1. The molecule has 0 aromatic carbocycles. The maximum atomic E-state index is 11.3. The molecule has 80 valence electrons. The van der Waals surface area contributed by atoms with Crippen molar-refractivity contribution >= 4 is 21.9 Å². The number of ether oxygens (including phenoxy) is 1. The first-order chi connectivity index (χ1) is 6.54. The predicted octanol–water partition coefficient (Wildman–Crippen LogP) is 0.503. The molecule has 0 aromatic heterocycles. The molecule has 1 rings (SSSR count). The van der Waals surface area contributed by atoms with Gasteiger partial charge in [-0.25, -0.2) is 0 Å². The SMILES string of the molecule is C=C(Br)CN1CC(O)CC1C(=O)OC. The van der Waals surface area contributed by atoms with Crippen LogP contribution in [0.25, 0.3) is 0 Å². The summed E-state index contributed by atoms with van der Waals surface area (Å²) in [7, 11) is 1.36. The summed E-state index contributed by atoms with van der Waals surface area (Å²) in [6.45, 7) is 4.75. The van der Waals surface area contributed by atoms with Crippen LogP contribution in [0.2, 0.25) is 0 Å². The van der Waals surface area contributed by atoms with Gasteiger partial charge in [0, 0.05) is 24.0 Å². The van der Waals surface area contributed by atoms with Gasteiger partial charge in [-0.3, -0.25) is 9.69 Å². The van der Waals surface area contributed by atoms with E-state index in [9.17, 15) is 9.90 Å². The highest BCUT2D eigenvalue weighted by molar-refractivity contribution is 9.11. The molecule has 14 heavy (non-hydrogen) atoms. The fourth-order valence-corrected chi connectivity index (χ4v) is 1.98. The highest BCUT2D eigenvalue weighted by Crippen LogP contribution is 2.21. The van der Waals surface area contributed by atoms with Crippen LogP contribution in [0.3, 0.4) is 0 Å². The van der Waals surface area contributed by atoms with Gasteiger partial charge in [-0.15, -0.1) is 0 Å². The Bertz CT molecular complexity index is 244. The summed E-state index contributed by atoms with van der Waals surface area (Å²) >= 11 is 3.23. The summed E-state index contributed by atoms with van der Waals surface area (Å²) in [5.74, 6) is -0.296. The van der Waals surface area contributed by atoms with E-state index in [0.29, 0.717) is 19.5 Å². The van der Waals surface area contributed by atoms with Crippen LogP contribution >= 0.6 is 15.9 Å². The van der Waals surface area contributed by atoms with Crippen molar-refractivity contribution in [3.05, 3.63) is 11.1 Å². The van der Waals surface area contributed by atoms with Gasteiger partial charge >= 0.3 is 5.97 Å². The van der Waals surface area contributed by atoms with Crippen molar-refractivity contribution in [3.8, 4) is 0 Å². The summed E-state index contributed by atoms with van der Waals surface area (Å²) in [5.41, 5.74) is 0. The number of β-amino-alcohol motifs (C(OH)–C–C–N with tert-alkyl or cyclic N) is 1. The molecule has 1 fully saturated rings. The molecule has 1 N–H and O–H groups in total. The number of methoxy groups -OCH3 is 1. The first-order valence-electron chi connectivity index (χ1n) is 4.37. The van der Waals surface area contributed by atoms with Crippen molar-refractivity contribution < 1.29 is 14.6 Å². The molecule has 0 saturated carbocycles.